The van der Waals surface area contributed by atoms with Gasteiger partial charge in [0.05, 0.1) is 12.2 Å². The fraction of sp³-hybridized carbons (Fsp3) is 0.385. The number of carbonyl (C=O) groups excluding carboxylic acids is 1. The van der Waals surface area contributed by atoms with Crippen LogP contribution in [0.3, 0.4) is 0 Å². The highest BCUT2D eigenvalue weighted by Gasteiger charge is 2.33. The van der Waals surface area contributed by atoms with Crippen LogP contribution in [0.25, 0.3) is 0 Å². The Morgan fingerprint density at radius 2 is 1.95 bits per heavy atom. The van der Waals surface area contributed by atoms with Crippen molar-refractivity contribution in [2.75, 3.05) is 18.9 Å². The van der Waals surface area contributed by atoms with E-state index in [0.717, 1.165) is 18.2 Å². The van der Waals surface area contributed by atoms with Crippen LogP contribution in [0, 0.1) is 11.6 Å². The maximum absolute atomic E-state index is 13.3. The molecule has 0 saturated heterocycles. The molecule has 0 unspecified atom stereocenters. The van der Waals surface area contributed by atoms with Gasteiger partial charge >= 0.3 is 5.97 Å². The van der Waals surface area contributed by atoms with Gasteiger partial charge in [-0.15, -0.1) is 0 Å². The number of likely N-dealkylation sites (N-methyl/N-ethyl adjacent to an activating group) is 1. The number of anilines is 1. The second-order valence-electron chi connectivity index (χ2n) is 4.89. The van der Waals surface area contributed by atoms with Gasteiger partial charge in [0.1, 0.15) is 17.2 Å². The summed E-state index contributed by atoms with van der Waals surface area (Å²) in [6.45, 7) is 2.60. The van der Waals surface area contributed by atoms with Crippen LogP contribution in [-0.2, 0) is 9.59 Å². The number of amides is 1. The summed E-state index contributed by atoms with van der Waals surface area (Å²) < 4.78 is 26.3. The Kier molecular flexibility index (Phi) is 4.78. The number of carboxylic acids is 1. The van der Waals surface area contributed by atoms with E-state index in [0.29, 0.717) is 0 Å². The standard InChI is InChI=1S/C13H16F2N2O3/c1-13(2,12(19)20)17(3)7-11(18)16-10-6-8(14)4-5-9(10)15/h4-6H,7H2,1-3H3,(H,16,18)(H,19,20). The monoisotopic (exact) mass is 286 g/mol. The number of halogens is 2. The van der Waals surface area contributed by atoms with E-state index in [1.807, 2.05) is 0 Å². The first kappa shape index (κ1) is 16.0. The molecular formula is C13H16F2N2O3. The van der Waals surface area contributed by atoms with Crippen molar-refractivity contribution in [3.63, 3.8) is 0 Å². The van der Waals surface area contributed by atoms with Crippen LogP contribution in [0.15, 0.2) is 18.2 Å². The minimum Gasteiger partial charge on any atom is -0.480 e. The number of carbonyl (C=O) groups is 2. The molecule has 5 nitrogen and oxygen atoms in total. The fourth-order valence-electron chi connectivity index (χ4n) is 1.36. The Balaban J connectivity index is 2.73. The molecule has 1 rings (SSSR count). The summed E-state index contributed by atoms with van der Waals surface area (Å²) in [5, 5.41) is 11.2. The van der Waals surface area contributed by atoms with Crippen LogP contribution in [0.4, 0.5) is 14.5 Å². The summed E-state index contributed by atoms with van der Waals surface area (Å²) in [4.78, 5) is 24.0. The molecule has 0 aromatic heterocycles. The number of benzene rings is 1. The fourth-order valence-corrected chi connectivity index (χ4v) is 1.36. The van der Waals surface area contributed by atoms with Crippen molar-refractivity contribution in [2.24, 2.45) is 0 Å². The van der Waals surface area contributed by atoms with Crippen LogP contribution < -0.4 is 5.32 Å². The Hall–Kier alpha value is -2.02. The third kappa shape index (κ3) is 3.74. The number of carboxylic acid groups (broad SMARTS) is 1. The molecule has 1 aromatic rings. The first-order valence-corrected chi connectivity index (χ1v) is 5.84. The largest absolute Gasteiger partial charge is 0.480 e. The number of nitrogens with one attached hydrogen (secondary N) is 1. The molecule has 0 radical (unpaired) electrons. The molecule has 0 aliphatic heterocycles. The zero-order valence-corrected chi connectivity index (χ0v) is 11.4. The third-order valence-corrected chi connectivity index (χ3v) is 3.06. The summed E-state index contributed by atoms with van der Waals surface area (Å²) in [5.41, 5.74) is -1.53. The van der Waals surface area contributed by atoms with Crippen molar-refractivity contribution in [1.29, 1.82) is 0 Å². The van der Waals surface area contributed by atoms with Gasteiger partial charge in [-0.05, 0) is 33.0 Å². The zero-order chi connectivity index (χ0) is 15.5. The van der Waals surface area contributed by atoms with Gasteiger partial charge in [-0.3, -0.25) is 14.5 Å². The van der Waals surface area contributed by atoms with E-state index in [-0.39, 0.29) is 12.2 Å². The molecule has 1 aromatic carbocycles. The van der Waals surface area contributed by atoms with Crippen LogP contribution >= 0.6 is 0 Å². The van der Waals surface area contributed by atoms with Crippen molar-refractivity contribution < 1.29 is 23.5 Å². The predicted octanol–water partition coefficient (Wildman–Crippen LogP) is 1.70. The Morgan fingerprint density at radius 1 is 1.35 bits per heavy atom. The third-order valence-electron chi connectivity index (χ3n) is 3.06. The predicted molar refractivity (Wildman–Crippen MR) is 69.3 cm³/mol. The molecule has 0 bridgehead atoms. The SMILES string of the molecule is CN(CC(=O)Nc1cc(F)ccc1F)C(C)(C)C(=O)O. The normalized spacial score (nSPS) is 11.5. The van der Waals surface area contributed by atoms with E-state index in [9.17, 15) is 18.4 Å². The lowest BCUT2D eigenvalue weighted by molar-refractivity contribution is -0.148. The maximum atomic E-state index is 13.3. The molecule has 0 heterocycles. The molecule has 110 valence electrons. The second kappa shape index (κ2) is 5.96. The smallest absolute Gasteiger partial charge is 0.323 e. The van der Waals surface area contributed by atoms with Crippen LogP contribution in [0.2, 0.25) is 0 Å². The lowest BCUT2D eigenvalue weighted by atomic mass is 10.0. The van der Waals surface area contributed by atoms with Crippen LogP contribution in [-0.4, -0.2) is 41.0 Å². The average Bonchev–Trinajstić information content (AvgIpc) is 2.33. The Labute approximate surface area is 115 Å². The van der Waals surface area contributed by atoms with E-state index in [1.165, 1.54) is 25.8 Å². The zero-order valence-electron chi connectivity index (χ0n) is 11.4. The van der Waals surface area contributed by atoms with E-state index in [1.54, 1.807) is 0 Å². The first-order valence-electron chi connectivity index (χ1n) is 5.84. The summed E-state index contributed by atoms with van der Waals surface area (Å²) in [6, 6.07) is 2.69. The minimum atomic E-state index is -1.25. The van der Waals surface area contributed by atoms with Crippen molar-refractivity contribution in [3.8, 4) is 0 Å². The van der Waals surface area contributed by atoms with E-state index >= 15 is 0 Å². The maximum Gasteiger partial charge on any atom is 0.323 e. The highest BCUT2D eigenvalue weighted by atomic mass is 19.1. The highest BCUT2D eigenvalue weighted by Crippen LogP contribution is 2.16. The van der Waals surface area contributed by atoms with Crippen LogP contribution in [0.5, 0.6) is 0 Å². The number of aliphatic carboxylic acids is 1. The molecule has 2 N–H and O–H groups in total. The lowest BCUT2D eigenvalue weighted by Gasteiger charge is -2.30. The van der Waals surface area contributed by atoms with Gasteiger partial charge in [-0.25, -0.2) is 8.78 Å². The highest BCUT2D eigenvalue weighted by molar-refractivity contribution is 5.93. The van der Waals surface area contributed by atoms with Gasteiger partial charge in [-0.1, -0.05) is 0 Å². The molecule has 1 amide bonds. The van der Waals surface area contributed by atoms with E-state index < -0.39 is 29.0 Å². The summed E-state index contributed by atoms with van der Waals surface area (Å²) >= 11 is 0. The van der Waals surface area contributed by atoms with Gasteiger partial charge in [0.2, 0.25) is 5.91 Å². The number of hydrogen-bond donors (Lipinski definition) is 2. The molecule has 0 saturated carbocycles. The van der Waals surface area contributed by atoms with Crippen molar-refractivity contribution in [1.82, 2.24) is 4.90 Å². The molecule has 0 fully saturated rings. The minimum absolute atomic E-state index is 0.269. The molecule has 20 heavy (non-hydrogen) atoms. The molecule has 0 aliphatic carbocycles. The van der Waals surface area contributed by atoms with Crippen molar-refractivity contribution in [2.45, 2.75) is 19.4 Å². The summed E-state index contributed by atoms with van der Waals surface area (Å²) in [7, 11) is 1.45. The summed E-state index contributed by atoms with van der Waals surface area (Å²) in [5.74, 6) is -3.17. The van der Waals surface area contributed by atoms with Gasteiger partial charge in [0.15, 0.2) is 0 Å². The first-order chi connectivity index (χ1) is 9.14. The van der Waals surface area contributed by atoms with Gasteiger partial charge in [0.25, 0.3) is 0 Å². The lowest BCUT2D eigenvalue weighted by Crippen LogP contribution is -2.50. The topological polar surface area (TPSA) is 69.6 Å². The Bertz CT molecular complexity index is 532. The number of hydrogen-bond acceptors (Lipinski definition) is 3. The number of rotatable bonds is 5. The second-order valence-corrected chi connectivity index (χ2v) is 4.89. The summed E-state index contributed by atoms with van der Waals surface area (Å²) in [6.07, 6.45) is 0. The molecule has 0 atom stereocenters. The molecule has 7 heteroatoms. The van der Waals surface area contributed by atoms with Gasteiger partial charge in [0, 0.05) is 6.07 Å². The van der Waals surface area contributed by atoms with Crippen molar-refractivity contribution >= 4 is 17.6 Å². The Morgan fingerprint density at radius 3 is 2.50 bits per heavy atom. The quantitative estimate of drug-likeness (QED) is 0.864. The average molecular weight is 286 g/mol. The van der Waals surface area contributed by atoms with E-state index in [2.05, 4.69) is 5.32 Å². The van der Waals surface area contributed by atoms with E-state index in [4.69, 9.17) is 5.11 Å². The molecule has 0 spiro atoms. The van der Waals surface area contributed by atoms with Crippen molar-refractivity contribution in [3.05, 3.63) is 29.8 Å². The molecular weight excluding hydrogens is 270 g/mol. The number of nitrogens with zero attached hydrogens (tertiary/aromatic N) is 1. The molecule has 0 aliphatic rings. The van der Waals surface area contributed by atoms with Gasteiger partial charge < -0.3 is 10.4 Å². The van der Waals surface area contributed by atoms with Crippen LogP contribution in [0.1, 0.15) is 13.8 Å². The van der Waals surface area contributed by atoms with Gasteiger partial charge in [-0.2, -0.15) is 0 Å².